The van der Waals surface area contributed by atoms with Gasteiger partial charge in [0.25, 0.3) is 0 Å². The normalized spacial score (nSPS) is 14.8. The van der Waals surface area contributed by atoms with Crippen molar-refractivity contribution in [3.05, 3.63) is 35.9 Å². The molecule has 0 bridgehead atoms. The molecule has 1 aromatic carbocycles. The molecule has 0 saturated carbocycles. The van der Waals surface area contributed by atoms with Gasteiger partial charge in [0.15, 0.2) is 0 Å². The molecule has 1 heterocycles. The van der Waals surface area contributed by atoms with E-state index in [1.165, 1.54) is 12.0 Å². The fraction of sp³-hybridized carbons (Fsp3) is 0.636. The van der Waals surface area contributed by atoms with Gasteiger partial charge in [-0.3, -0.25) is 4.79 Å². The van der Waals surface area contributed by atoms with Crippen LogP contribution in [0.1, 0.15) is 73.3 Å². The zero-order valence-electron chi connectivity index (χ0n) is 18.4. The van der Waals surface area contributed by atoms with Crippen LogP contribution in [0.2, 0.25) is 0 Å². The maximum absolute atomic E-state index is 11.2. The number of rotatable bonds is 2. The molecule has 0 aromatic heterocycles. The van der Waals surface area contributed by atoms with Crippen molar-refractivity contribution in [2.75, 3.05) is 6.54 Å². The highest BCUT2D eigenvalue weighted by atomic mass is 16.6. The lowest BCUT2D eigenvalue weighted by atomic mass is 10.2. The van der Waals surface area contributed by atoms with E-state index in [0.29, 0.717) is 19.4 Å². The molecule has 5 nitrogen and oxygen atoms in total. The smallest absolute Gasteiger partial charge is 0.407 e. The number of ether oxygens (including phenoxy) is 2. The molecule has 1 aromatic rings. The van der Waals surface area contributed by atoms with E-state index in [1.807, 2.05) is 32.0 Å². The molecule has 0 aliphatic carbocycles. The molecule has 1 N–H and O–H groups in total. The van der Waals surface area contributed by atoms with Gasteiger partial charge in [0, 0.05) is 6.42 Å². The second kappa shape index (κ2) is 16.2. The Kier molecular flexibility index (Phi) is 16.3. The maximum Gasteiger partial charge on any atom is 0.407 e. The number of carbonyl (C=O) groups excluding carboxylic acids is 2. The number of esters is 1. The Morgan fingerprint density at radius 2 is 1.70 bits per heavy atom. The number of carbonyl (C=O) groups is 2. The van der Waals surface area contributed by atoms with Gasteiger partial charge in [-0.1, -0.05) is 70.0 Å². The summed E-state index contributed by atoms with van der Waals surface area (Å²) in [6.45, 7) is 16.0. The van der Waals surface area contributed by atoms with Gasteiger partial charge in [0.2, 0.25) is 0 Å². The summed E-state index contributed by atoms with van der Waals surface area (Å²) >= 11 is 0. The third-order valence-corrected chi connectivity index (χ3v) is 2.78. The summed E-state index contributed by atoms with van der Waals surface area (Å²) in [5.41, 5.74) is 0.818. The monoisotopic (exact) mass is 381 g/mol. The van der Waals surface area contributed by atoms with E-state index >= 15 is 0 Å². The van der Waals surface area contributed by atoms with Crippen LogP contribution < -0.4 is 5.32 Å². The molecule has 27 heavy (non-hydrogen) atoms. The molecular formula is C22H39NO4. The minimum atomic E-state index is -0.504. The highest BCUT2D eigenvalue weighted by Crippen LogP contribution is 2.13. The highest BCUT2D eigenvalue weighted by Gasteiger charge is 2.24. The predicted molar refractivity (Wildman–Crippen MR) is 112 cm³/mol. The maximum atomic E-state index is 11.2. The van der Waals surface area contributed by atoms with Crippen molar-refractivity contribution < 1.29 is 19.1 Å². The fourth-order valence-corrected chi connectivity index (χ4v) is 1.77. The van der Waals surface area contributed by atoms with Crippen LogP contribution in [-0.4, -0.2) is 30.3 Å². The first kappa shape index (κ1) is 27.2. The lowest BCUT2D eigenvalue weighted by Crippen LogP contribution is -2.36. The largest absolute Gasteiger partial charge is 0.460 e. The fourth-order valence-electron chi connectivity index (χ4n) is 1.77. The van der Waals surface area contributed by atoms with Crippen molar-refractivity contribution in [1.29, 1.82) is 0 Å². The van der Waals surface area contributed by atoms with Crippen molar-refractivity contribution in [2.45, 2.75) is 86.4 Å². The molecule has 0 radical (unpaired) electrons. The highest BCUT2D eigenvalue weighted by molar-refractivity contribution is 5.72. The van der Waals surface area contributed by atoms with Gasteiger partial charge in [0.05, 0.1) is 6.54 Å². The topological polar surface area (TPSA) is 64.6 Å². The number of hydrogen-bond donors (Lipinski definition) is 1. The van der Waals surface area contributed by atoms with Crippen LogP contribution in [0.15, 0.2) is 30.3 Å². The second-order valence-electron chi connectivity index (χ2n) is 6.90. The third kappa shape index (κ3) is 18.5. The molecule has 1 saturated heterocycles. The summed E-state index contributed by atoms with van der Waals surface area (Å²) in [5.74, 6) is -0.203. The van der Waals surface area contributed by atoms with Gasteiger partial charge in [-0.15, -0.1) is 0 Å². The van der Waals surface area contributed by atoms with Gasteiger partial charge < -0.3 is 14.8 Å². The Morgan fingerprint density at radius 3 is 2.04 bits per heavy atom. The summed E-state index contributed by atoms with van der Waals surface area (Å²) in [5, 5.41) is 2.56. The first-order chi connectivity index (χ1) is 12.7. The van der Waals surface area contributed by atoms with E-state index in [2.05, 4.69) is 38.2 Å². The Hall–Kier alpha value is -2.04. The molecule has 1 fully saturated rings. The standard InChI is InChI=1S/C10H17NO4.C7H8.C3H8.C2H6/c1-10(2,3)15-9(13)11-6-7-4-5-8(12)14-7;1-7-5-3-2-4-6-7;1-3-2;1-2/h7H,4-6H2,1-3H3,(H,11,13);2-6H,1H3;3H2,1-2H3;1-2H3. The molecule has 1 atom stereocenters. The van der Waals surface area contributed by atoms with Crippen LogP contribution in [0.4, 0.5) is 4.79 Å². The van der Waals surface area contributed by atoms with Crippen LogP contribution in [0.5, 0.6) is 0 Å². The van der Waals surface area contributed by atoms with Crippen LogP contribution in [0.25, 0.3) is 0 Å². The van der Waals surface area contributed by atoms with E-state index in [1.54, 1.807) is 20.8 Å². The first-order valence-corrected chi connectivity index (χ1v) is 9.85. The lowest BCUT2D eigenvalue weighted by Gasteiger charge is -2.20. The van der Waals surface area contributed by atoms with E-state index in [9.17, 15) is 9.59 Å². The van der Waals surface area contributed by atoms with Crippen LogP contribution in [0, 0.1) is 6.92 Å². The molecule has 156 valence electrons. The van der Waals surface area contributed by atoms with Gasteiger partial charge >= 0.3 is 12.1 Å². The number of amides is 1. The van der Waals surface area contributed by atoms with E-state index in [-0.39, 0.29) is 12.1 Å². The molecule has 5 heteroatoms. The zero-order chi connectivity index (χ0) is 21.3. The van der Waals surface area contributed by atoms with Crippen molar-refractivity contribution in [2.24, 2.45) is 0 Å². The number of cyclic esters (lactones) is 1. The molecular weight excluding hydrogens is 342 g/mol. The van der Waals surface area contributed by atoms with Gasteiger partial charge in [-0.2, -0.15) is 0 Å². The molecule has 1 amide bonds. The number of hydrogen-bond acceptors (Lipinski definition) is 4. The quantitative estimate of drug-likeness (QED) is 0.672. The van der Waals surface area contributed by atoms with E-state index in [0.717, 1.165) is 0 Å². The Balaban J connectivity index is 0. The van der Waals surface area contributed by atoms with E-state index in [4.69, 9.17) is 9.47 Å². The third-order valence-electron chi connectivity index (χ3n) is 2.78. The van der Waals surface area contributed by atoms with Crippen LogP contribution in [-0.2, 0) is 14.3 Å². The molecule has 1 unspecified atom stereocenters. The van der Waals surface area contributed by atoms with Crippen molar-refractivity contribution in [1.82, 2.24) is 5.32 Å². The summed E-state index contributed by atoms with van der Waals surface area (Å²) in [6, 6.07) is 10.3. The summed E-state index contributed by atoms with van der Waals surface area (Å²) in [6.07, 6.45) is 1.66. The molecule has 1 aliphatic heterocycles. The number of aryl methyl sites for hydroxylation is 1. The van der Waals surface area contributed by atoms with E-state index < -0.39 is 11.7 Å². The average molecular weight is 382 g/mol. The minimum absolute atomic E-state index is 0.203. The Bertz CT molecular complexity index is 495. The van der Waals surface area contributed by atoms with Gasteiger partial charge in [0.1, 0.15) is 11.7 Å². The summed E-state index contributed by atoms with van der Waals surface area (Å²) in [7, 11) is 0. The first-order valence-electron chi connectivity index (χ1n) is 9.85. The SMILES string of the molecule is CC.CC(C)(C)OC(=O)NCC1CCC(=O)O1.CCC.Cc1ccccc1. The van der Waals surface area contributed by atoms with Crippen molar-refractivity contribution >= 4 is 12.1 Å². The van der Waals surface area contributed by atoms with Crippen molar-refractivity contribution in [3.63, 3.8) is 0 Å². The van der Waals surface area contributed by atoms with Gasteiger partial charge in [-0.25, -0.2) is 4.79 Å². The summed E-state index contributed by atoms with van der Waals surface area (Å²) < 4.78 is 9.97. The zero-order valence-corrected chi connectivity index (χ0v) is 18.4. The number of alkyl carbamates (subject to hydrolysis) is 1. The number of nitrogens with one attached hydrogen (secondary N) is 1. The summed E-state index contributed by atoms with van der Waals surface area (Å²) in [4.78, 5) is 22.0. The van der Waals surface area contributed by atoms with Crippen LogP contribution in [0.3, 0.4) is 0 Å². The molecule has 2 rings (SSSR count). The number of benzene rings is 1. The van der Waals surface area contributed by atoms with Gasteiger partial charge in [-0.05, 0) is 34.1 Å². The lowest BCUT2D eigenvalue weighted by molar-refractivity contribution is -0.141. The Labute approximate surface area is 165 Å². The molecule has 1 aliphatic rings. The second-order valence-corrected chi connectivity index (χ2v) is 6.90. The van der Waals surface area contributed by atoms with Crippen molar-refractivity contribution in [3.8, 4) is 0 Å². The van der Waals surface area contributed by atoms with Crippen LogP contribution >= 0.6 is 0 Å². The minimum Gasteiger partial charge on any atom is -0.460 e. The average Bonchev–Trinajstić information content (AvgIpc) is 3.01. The predicted octanol–water partition coefficient (Wildman–Crippen LogP) is 5.65. The molecule has 0 spiro atoms. The Morgan fingerprint density at radius 1 is 1.19 bits per heavy atom.